The van der Waals surface area contributed by atoms with E-state index in [4.69, 9.17) is 10.4 Å². The summed E-state index contributed by atoms with van der Waals surface area (Å²) in [6.45, 7) is 0. The molecule has 22 heavy (non-hydrogen) atoms. The van der Waals surface area contributed by atoms with Crippen LogP contribution in [0.4, 0.5) is 0 Å². The molecule has 2 rings (SSSR count). The molecule has 0 spiro atoms. The van der Waals surface area contributed by atoms with Crippen molar-refractivity contribution < 1.29 is 9.90 Å². The van der Waals surface area contributed by atoms with Crippen molar-refractivity contribution in [3.63, 3.8) is 0 Å². The van der Waals surface area contributed by atoms with Gasteiger partial charge in [0.05, 0.1) is 11.6 Å². The number of carbonyl (C=O) groups is 1. The third-order valence-electron chi connectivity index (χ3n) is 4.31. The second-order valence-electron chi connectivity index (χ2n) is 5.81. The second-order valence-corrected chi connectivity index (χ2v) is 5.81. The number of aliphatic carboxylic acids is 1. The van der Waals surface area contributed by atoms with Crippen LogP contribution in [0.15, 0.2) is 48.6 Å². The smallest absolute Gasteiger partial charge is 0.328 e. The molecule has 0 saturated heterocycles. The maximum absolute atomic E-state index is 10.3. The zero-order valence-corrected chi connectivity index (χ0v) is 12.6. The topological polar surface area (TPSA) is 61.1 Å². The van der Waals surface area contributed by atoms with Crippen LogP contribution in [0.1, 0.15) is 49.1 Å². The molecular weight excluding hydrogens is 274 g/mol. The Bertz CT molecular complexity index is 585. The highest BCUT2D eigenvalue weighted by Gasteiger charge is 2.21. The third kappa shape index (κ3) is 4.89. The summed E-state index contributed by atoms with van der Waals surface area (Å²) in [5, 5.41) is 17.3. The molecule has 1 aromatic rings. The van der Waals surface area contributed by atoms with E-state index in [-0.39, 0.29) is 0 Å². The first-order valence-corrected chi connectivity index (χ1v) is 7.75. The van der Waals surface area contributed by atoms with Crippen LogP contribution >= 0.6 is 0 Å². The van der Waals surface area contributed by atoms with E-state index < -0.39 is 5.97 Å². The van der Waals surface area contributed by atoms with Crippen LogP contribution in [0.2, 0.25) is 0 Å². The molecule has 0 bridgehead atoms. The van der Waals surface area contributed by atoms with Crippen molar-refractivity contribution in [1.82, 2.24) is 0 Å². The third-order valence-corrected chi connectivity index (χ3v) is 4.31. The molecule has 3 heteroatoms. The first-order chi connectivity index (χ1) is 10.7. The van der Waals surface area contributed by atoms with E-state index in [9.17, 15) is 4.79 Å². The number of nitriles is 1. The number of benzene rings is 1. The van der Waals surface area contributed by atoms with Gasteiger partial charge in [0, 0.05) is 6.08 Å². The average Bonchev–Trinajstić information content (AvgIpc) is 2.55. The van der Waals surface area contributed by atoms with Crippen molar-refractivity contribution in [2.75, 3.05) is 0 Å². The molecule has 1 N–H and O–H groups in total. The predicted octanol–water partition coefficient (Wildman–Crippen LogP) is 4.42. The molecule has 0 radical (unpaired) electrons. The molecule has 0 amide bonds. The van der Waals surface area contributed by atoms with Gasteiger partial charge in [0.15, 0.2) is 0 Å². The number of carboxylic acids is 1. The average molecular weight is 295 g/mol. The van der Waals surface area contributed by atoms with Gasteiger partial charge in [-0.1, -0.05) is 30.4 Å². The highest BCUT2D eigenvalue weighted by molar-refractivity contribution is 5.80. The first kappa shape index (κ1) is 16.0. The van der Waals surface area contributed by atoms with E-state index in [0.29, 0.717) is 11.8 Å². The van der Waals surface area contributed by atoms with Crippen molar-refractivity contribution in [1.29, 1.82) is 5.26 Å². The Balaban J connectivity index is 1.78. The van der Waals surface area contributed by atoms with Crippen LogP contribution in [0.3, 0.4) is 0 Å². The number of rotatable bonds is 5. The Hall–Kier alpha value is -2.34. The van der Waals surface area contributed by atoms with Crippen LogP contribution < -0.4 is 0 Å². The van der Waals surface area contributed by atoms with E-state index >= 15 is 0 Å². The fourth-order valence-electron chi connectivity index (χ4n) is 3.05. The lowest BCUT2D eigenvalue weighted by Gasteiger charge is -2.28. The lowest BCUT2D eigenvalue weighted by atomic mass is 9.77. The lowest BCUT2D eigenvalue weighted by Crippen LogP contribution is -2.12. The van der Waals surface area contributed by atoms with E-state index in [1.54, 1.807) is 6.08 Å². The van der Waals surface area contributed by atoms with Gasteiger partial charge in [-0.25, -0.2) is 4.79 Å². The minimum Gasteiger partial charge on any atom is -0.478 e. The maximum Gasteiger partial charge on any atom is 0.328 e. The molecule has 0 heterocycles. The van der Waals surface area contributed by atoms with Gasteiger partial charge >= 0.3 is 5.97 Å². The second kappa shape index (κ2) is 8.19. The zero-order chi connectivity index (χ0) is 15.8. The van der Waals surface area contributed by atoms with Gasteiger partial charge in [0.1, 0.15) is 0 Å². The Morgan fingerprint density at radius 3 is 2.45 bits per heavy atom. The van der Waals surface area contributed by atoms with Crippen LogP contribution in [0.5, 0.6) is 0 Å². The van der Waals surface area contributed by atoms with Gasteiger partial charge in [-0.15, -0.1) is 0 Å². The van der Waals surface area contributed by atoms with Crippen LogP contribution in [-0.4, -0.2) is 11.1 Å². The molecule has 0 aromatic heterocycles. The Morgan fingerprint density at radius 1 is 1.18 bits per heavy atom. The minimum absolute atomic E-state index is 0.611. The van der Waals surface area contributed by atoms with Gasteiger partial charge in [-0.3, -0.25) is 0 Å². The number of carboxylic acid groups (broad SMARTS) is 1. The standard InChI is InChI=1S/C19H21NO2/c20-14-16-8-12-18(13-9-16)17-10-6-15(7-11-17)4-2-1-3-5-19(21)22/h1-3,5,8-9,12-13,15,17H,4,6-7,10-11H2,(H,21,22). The summed E-state index contributed by atoms with van der Waals surface area (Å²) < 4.78 is 0. The molecule has 0 unspecified atom stereocenters. The Labute approximate surface area is 131 Å². The van der Waals surface area contributed by atoms with Crippen LogP contribution in [0, 0.1) is 17.2 Å². The molecule has 0 aliphatic heterocycles. The largest absolute Gasteiger partial charge is 0.478 e. The van der Waals surface area contributed by atoms with Gasteiger partial charge in [-0.2, -0.15) is 5.26 Å². The molecule has 1 fully saturated rings. The first-order valence-electron chi connectivity index (χ1n) is 7.75. The highest BCUT2D eigenvalue weighted by atomic mass is 16.4. The molecule has 1 aliphatic rings. The molecule has 1 aromatic carbocycles. The van der Waals surface area contributed by atoms with Crippen LogP contribution in [-0.2, 0) is 4.79 Å². The van der Waals surface area contributed by atoms with Crippen molar-refractivity contribution in [3.8, 4) is 6.07 Å². The van der Waals surface area contributed by atoms with E-state index in [1.165, 1.54) is 31.2 Å². The van der Waals surface area contributed by atoms with Crippen molar-refractivity contribution in [3.05, 3.63) is 59.7 Å². The summed E-state index contributed by atoms with van der Waals surface area (Å²) in [5.74, 6) is 0.400. The number of nitrogens with zero attached hydrogens (tertiary/aromatic N) is 1. The fraction of sp³-hybridized carbons (Fsp3) is 0.368. The van der Waals surface area contributed by atoms with Crippen LogP contribution in [0.25, 0.3) is 0 Å². The summed E-state index contributed by atoms with van der Waals surface area (Å²) in [6, 6.07) is 10.1. The lowest BCUT2D eigenvalue weighted by molar-refractivity contribution is -0.131. The summed E-state index contributed by atoms with van der Waals surface area (Å²) in [4.78, 5) is 10.3. The van der Waals surface area contributed by atoms with Gasteiger partial charge < -0.3 is 5.11 Å². The molecule has 3 nitrogen and oxygen atoms in total. The van der Waals surface area contributed by atoms with Gasteiger partial charge in [-0.05, 0) is 61.6 Å². The van der Waals surface area contributed by atoms with Crippen molar-refractivity contribution >= 4 is 5.97 Å². The summed E-state index contributed by atoms with van der Waals surface area (Å²) in [6.07, 6.45) is 12.4. The van der Waals surface area contributed by atoms with E-state index in [2.05, 4.69) is 24.3 Å². The van der Waals surface area contributed by atoms with Crippen molar-refractivity contribution in [2.45, 2.75) is 38.0 Å². The molecular formula is C19H21NO2. The van der Waals surface area contributed by atoms with E-state index in [1.807, 2.05) is 18.2 Å². The minimum atomic E-state index is -0.910. The zero-order valence-electron chi connectivity index (χ0n) is 12.6. The monoisotopic (exact) mass is 295 g/mol. The SMILES string of the molecule is N#Cc1ccc(C2CCC(CC=CC=CC(=O)O)CC2)cc1. The quantitative estimate of drug-likeness (QED) is 0.646. The maximum atomic E-state index is 10.3. The number of hydrogen-bond acceptors (Lipinski definition) is 2. The molecule has 0 atom stereocenters. The predicted molar refractivity (Wildman–Crippen MR) is 86.4 cm³/mol. The number of hydrogen-bond donors (Lipinski definition) is 1. The summed E-state index contributed by atoms with van der Waals surface area (Å²) in [7, 11) is 0. The Kier molecular flexibility index (Phi) is 5.97. The molecule has 1 aliphatic carbocycles. The molecule has 114 valence electrons. The normalized spacial score (nSPS) is 22.0. The highest BCUT2D eigenvalue weighted by Crippen LogP contribution is 2.37. The van der Waals surface area contributed by atoms with E-state index in [0.717, 1.165) is 18.1 Å². The fourth-order valence-corrected chi connectivity index (χ4v) is 3.05. The molecule has 1 saturated carbocycles. The van der Waals surface area contributed by atoms with Crippen molar-refractivity contribution in [2.24, 2.45) is 5.92 Å². The Morgan fingerprint density at radius 2 is 1.86 bits per heavy atom. The van der Waals surface area contributed by atoms with Gasteiger partial charge in [0.2, 0.25) is 0 Å². The van der Waals surface area contributed by atoms with Gasteiger partial charge in [0.25, 0.3) is 0 Å². The summed E-state index contributed by atoms with van der Waals surface area (Å²) >= 11 is 0. The summed E-state index contributed by atoms with van der Waals surface area (Å²) in [5.41, 5.74) is 2.06. The number of allylic oxidation sites excluding steroid dienone is 3.